The van der Waals surface area contributed by atoms with Crippen LogP contribution < -0.4 is 22.9 Å². The first kappa shape index (κ1) is 24.3. The Bertz CT molecular complexity index is 839. The van der Waals surface area contributed by atoms with Gasteiger partial charge in [0.15, 0.2) is 0 Å². The van der Waals surface area contributed by atoms with Crippen LogP contribution in [0.1, 0.15) is 36.1 Å². The molecule has 2 aromatic rings. The number of halogens is 6. The molecule has 0 saturated carbocycles. The highest BCUT2D eigenvalue weighted by Crippen LogP contribution is 2.43. The maximum atomic E-state index is 13.6. The van der Waals surface area contributed by atoms with Gasteiger partial charge >= 0.3 is 6.18 Å². The molecule has 1 unspecified atom stereocenters. The minimum atomic E-state index is -5.00. The van der Waals surface area contributed by atoms with E-state index in [-0.39, 0.29) is 16.9 Å². The second-order valence-corrected chi connectivity index (χ2v) is 6.95. The third-order valence-electron chi connectivity index (χ3n) is 4.56. The Kier molecular flexibility index (Phi) is 6.62. The Balaban J connectivity index is 0.000000296. The van der Waals surface area contributed by atoms with Crippen molar-refractivity contribution in [2.75, 3.05) is 22.9 Å². The third kappa shape index (κ3) is 5.39. The van der Waals surface area contributed by atoms with Crippen LogP contribution in [0.3, 0.4) is 0 Å². The van der Waals surface area contributed by atoms with Gasteiger partial charge < -0.3 is 22.9 Å². The summed E-state index contributed by atoms with van der Waals surface area (Å²) >= 11 is 0. The summed E-state index contributed by atoms with van der Waals surface area (Å²) in [6, 6.07) is 4.43. The van der Waals surface area contributed by atoms with Crippen LogP contribution >= 0.6 is 0 Å². The minimum absolute atomic E-state index is 0.0446. The maximum absolute atomic E-state index is 13.6. The van der Waals surface area contributed by atoms with Crippen molar-refractivity contribution in [1.82, 2.24) is 0 Å². The molecule has 0 amide bonds. The number of rotatable bonds is 2. The highest BCUT2D eigenvalue weighted by atomic mass is 19.4. The number of anilines is 4. The van der Waals surface area contributed by atoms with Gasteiger partial charge in [0.2, 0.25) is 5.67 Å². The van der Waals surface area contributed by atoms with E-state index in [4.69, 9.17) is 22.9 Å². The highest BCUT2D eigenvalue weighted by Gasteiger charge is 2.53. The van der Waals surface area contributed by atoms with Gasteiger partial charge in [-0.3, -0.25) is 0 Å². The molecule has 10 heteroatoms. The zero-order valence-electron chi connectivity index (χ0n) is 16.4. The Morgan fingerprint density at radius 2 is 0.862 bits per heavy atom. The van der Waals surface area contributed by atoms with E-state index in [0.717, 1.165) is 19.1 Å². The van der Waals surface area contributed by atoms with Gasteiger partial charge in [-0.15, -0.1) is 0 Å². The molecule has 2 rings (SSSR count). The van der Waals surface area contributed by atoms with Crippen LogP contribution in [0.25, 0.3) is 0 Å². The van der Waals surface area contributed by atoms with Crippen LogP contribution in [0.2, 0.25) is 0 Å². The van der Waals surface area contributed by atoms with E-state index >= 15 is 0 Å². The molecule has 0 aliphatic carbocycles. The summed E-state index contributed by atoms with van der Waals surface area (Å²) < 4.78 is 76.5. The van der Waals surface area contributed by atoms with Crippen molar-refractivity contribution in [3.05, 3.63) is 46.5 Å². The van der Waals surface area contributed by atoms with E-state index in [1.165, 1.54) is 12.1 Å². The molecular formula is C19H24F6N4. The fraction of sp³-hybridized carbons (Fsp3) is 0.368. The molecule has 162 valence electrons. The van der Waals surface area contributed by atoms with Crippen LogP contribution in [0, 0.1) is 13.8 Å². The summed E-state index contributed by atoms with van der Waals surface area (Å²) in [7, 11) is 0. The Labute approximate surface area is 164 Å². The van der Waals surface area contributed by atoms with Crippen LogP contribution in [-0.2, 0) is 11.6 Å². The molecular weight excluding hydrogens is 398 g/mol. The number of benzene rings is 2. The number of alkyl halides is 6. The summed E-state index contributed by atoms with van der Waals surface area (Å²) in [5.41, 5.74) is 19.5. The van der Waals surface area contributed by atoms with Crippen molar-refractivity contribution in [1.29, 1.82) is 0 Å². The van der Waals surface area contributed by atoms with Gasteiger partial charge in [-0.25, -0.2) is 13.2 Å². The Morgan fingerprint density at radius 3 is 1.10 bits per heavy atom. The van der Waals surface area contributed by atoms with Crippen molar-refractivity contribution >= 4 is 22.7 Å². The summed E-state index contributed by atoms with van der Waals surface area (Å²) in [6.45, 7) is 4.51. The van der Waals surface area contributed by atoms with Crippen molar-refractivity contribution in [2.24, 2.45) is 0 Å². The molecule has 0 fully saturated rings. The minimum Gasteiger partial charge on any atom is -0.398 e. The average molecular weight is 422 g/mol. The SMILES string of the molecule is Cc1c(N)cc(C(C)(F)C(F)(F)F)cc1N.Cc1c(N)cc(C(C)(F)F)cc1N. The number of nitrogens with two attached hydrogens (primary N) is 4. The first-order chi connectivity index (χ1) is 12.9. The molecule has 0 aliphatic heterocycles. The summed E-state index contributed by atoms with van der Waals surface area (Å²) in [4.78, 5) is 0. The van der Waals surface area contributed by atoms with Gasteiger partial charge in [-0.05, 0) is 56.2 Å². The lowest BCUT2D eigenvalue weighted by Crippen LogP contribution is -2.35. The summed E-state index contributed by atoms with van der Waals surface area (Å²) in [5, 5.41) is 0. The number of hydrogen-bond acceptors (Lipinski definition) is 4. The van der Waals surface area contributed by atoms with Crippen LogP contribution in [-0.4, -0.2) is 6.18 Å². The number of nitrogen functional groups attached to an aromatic ring is 4. The van der Waals surface area contributed by atoms with Gasteiger partial charge in [0.05, 0.1) is 0 Å². The second kappa shape index (κ2) is 7.92. The lowest BCUT2D eigenvalue weighted by Gasteiger charge is -2.25. The van der Waals surface area contributed by atoms with Gasteiger partial charge in [0.25, 0.3) is 5.92 Å². The molecule has 4 nitrogen and oxygen atoms in total. The van der Waals surface area contributed by atoms with Gasteiger partial charge in [0.1, 0.15) is 0 Å². The smallest absolute Gasteiger partial charge is 0.398 e. The lowest BCUT2D eigenvalue weighted by molar-refractivity contribution is -0.228. The van der Waals surface area contributed by atoms with E-state index < -0.39 is 23.3 Å². The van der Waals surface area contributed by atoms with E-state index in [1.807, 2.05) is 0 Å². The monoisotopic (exact) mass is 422 g/mol. The van der Waals surface area contributed by atoms with Gasteiger partial charge in [-0.2, -0.15) is 13.2 Å². The van der Waals surface area contributed by atoms with E-state index in [1.54, 1.807) is 13.8 Å². The van der Waals surface area contributed by atoms with Crippen molar-refractivity contribution < 1.29 is 26.3 Å². The van der Waals surface area contributed by atoms with Gasteiger partial charge in [-0.1, -0.05) is 0 Å². The normalized spacial score (nSPS) is 14.0. The molecule has 0 bridgehead atoms. The Hall–Kier alpha value is -2.78. The molecule has 0 aliphatic rings. The van der Waals surface area contributed by atoms with E-state index in [0.29, 0.717) is 29.4 Å². The summed E-state index contributed by atoms with van der Waals surface area (Å²) in [5.74, 6) is -2.89. The van der Waals surface area contributed by atoms with Crippen molar-refractivity contribution in [3.63, 3.8) is 0 Å². The molecule has 0 spiro atoms. The molecule has 0 heterocycles. The molecule has 0 aromatic heterocycles. The van der Waals surface area contributed by atoms with E-state index in [2.05, 4.69) is 0 Å². The third-order valence-corrected chi connectivity index (χ3v) is 4.56. The fourth-order valence-electron chi connectivity index (χ4n) is 2.21. The molecule has 0 saturated heterocycles. The Morgan fingerprint density at radius 1 is 0.586 bits per heavy atom. The van der Waals surface area contributed by atoms with Crippen molar-refractivity contribution in [3.8, 4) is 0 Å². The van der Waals surface area contributed by atoms with Crippen molar-refractivity contribution in [2.45, 2.75) is 45.5 Å². The molecule has 29 heavy (non-hydrogen) atoms. The first-order valence-electron chi connectivity index (χ1n) is 8.35. The molecule has 1 atom stereocenters. The van der Waals surface area contributed by atoms with Crippen LogP contribution in [0.4, 0.5) is 49.1 Å². The number of hydrogen-bond donors (Lipinski definition) is 4. The van der Waals surface area contributed by atoms with Crippen LogP contribution in [0.5, 0.6) is 0 Å². The van der Waals surface area contributed by atoms with Crippen LogP contribution in [0.15, 0.2) is 24.3 Å². The lowest BCUT2D eigenvalue weighted by atomic mass is 9.94. The largest absolute Gasteiger partial charge is 0.426 e. The van der Waals surface area contributed by atoms with E-state index in [9.17, 15) is 26.3 Å². The van der Waals surface area contributed by atoms with Gasteiger partial charge in [0, 0.05) is 40.8 Å². The topological polar surface area (TPSA) is 104 Å². The standard InChI is InChI=1S/C10H12F4N2.C9H12F2N2/c1-5-7(15)3-6(4-8(5)16)9(2,11)10(12,13)14;1-5-7(12)3-6(4-8(5)13)9(2,10)11/h3-4H,15-16H2,1-2H3;3-4H,12-13H2,1-2H3. The zero-order chi connectivity index (χ0) is 22.9. The maximum Gasteiger partial charge on any atom is 0.426 e. The molecule has 2 aromatic carbocycles. The quantitative estimate of drug-likeness (QED) is 0.396. The average Bonchev–Trinajstić information content (AvgIpc) is 2.55. The first-order valence-corrected chi connectivity index (χ1v) is 8.35. The predicted octanol–water partition coefficient (Wildman–Crippen LogP) is 5.18. The summed E-state index contributed by atoms with van der Waals surface area (Å²) in [6.07, 6.45) is -5.00. The molecule has 0 radical (unpaired) electrons. The zero-order valence-corrected chi connectivity index (χ0v) is 16.4. The second-order valence-electron chi connectivity index (χ2n) is 6.95. The highest BCUT2D eigenvalue weighted by molar-refractivity contribution is 5.64. The fourth-order valence-corrected chi connectivity index (χ4v) is 2.21. The predicted molar refractivity (Wildman–Crippen MR) is 104 cm³/mol. The molecule has 8 N–H and O–H groups in total.